The summed E-state index contributed by atoms with van der Waals surface area (Å²) < 4.78 is 40.1. The number of para-hydroxylation sites is 2. The van der Waals surface area contributed by atoms with Gasteiger partial charge in [0.05, 0.1) is 30.1 Å². The summed E-state index contributed by atoms with van der Waals surface area (Å²) in [5.74, 6) is 1.40. The van der Waals surface area contributed by atoms with E-state index in [9.17, 15) is 13.2 Å². The quantitative estimate of drug-likeness (QED) is 0.276. The number of methoxy groups -OCH3 is 2. The molecule has 5 rings (SSSR count). The zero-order valence-corrected chi connectivity index (χ0v) is 21.7. The first-order valence-corrected chi connectivity index (χ1v) is 13.5. The van der Waals surface area contributed by atoms with E-state index in [0.29, 0.717) is 33.8 Å². The topological polar surface area (TPSA) is 132 Å². The summed E-state index contributed by atoms with van der Waals surface area (Å²) in [6.07, 6.45) is 1.80. The molecule has 0 radical (unpaired) electrons. The van der Waals surface area contributed by atoms with Gasteiger partial charge in [0, 0.05) is 36.3 Å². The molecule has 10 nitrogen and oxygen atoms in total. The maximum absolute atomic E-state index is 13.4. The van der Waals surface area contributed by atoms with Gasteiger partial charge in [-0.2, -0.15) is 0 Å². The molecule has 0 saturated heterocycles. The largest absolute Gasteiger partial charge is 0.497 e. The van der Waals surface area contributed by atoms with Crippen LogP contribution in [0.4, 0.5) is 17.3 Å². The molecule has 1 aliphatic rings. The molecule has 1 aromatic heterocycles. The number of nitrogens with one attached hydrogen (secondary N) is 3. The fraction of sp³-hybridized carbons (Fsp3) is 0.222. The number of fused-ring (bicyclic) bond motifs is 1. The Bertz CT molecular complexity index is 1580. The van der Waals surface area contributed by atoms with Gasteiger partial charge in [-0.15, -0.1) is 0 Å². The van der Waals surface area contributed by atoms with E-state index >= 15 is 0 Å². The van der Waals surface area contributed by atoms with Gasteiger partial charge < -0.3 is 20.1 Å². The fourth-order valence-corrected chi connectivity index (χ4v) is 4.94. The van der Waals surface area contributed by atoms with Crippen LogP contribution in [0.1, 0.15) is 18.4 Å². The van der Waals surface area contributed by atoms with Gasteiger partial charge in [-0.3, -0.25) is 9.52 Å². The van der Waals surface area contributed by atoms with Crippen molar-refractivity contribution in [1.29, 1.82) is 0 Å². The van der Waals surface area contributed by atoms with E-state index in [4.69, 9.17) is 9.47 Å². The number of ether oxygens (including phenoxy) is 2. The van der Waals surface area contributed by atoms with Gasteiger partial charge in [-0.05, 0) is 42.7 Å². The van der Waals surface area contributed by atoms with Crippen LogP contribution in [0.25, 0.3) is 11.0 Å². The van der Waals surface area contributed by atoms with Crippen LogP contribution in [-0.2, 0) is 21.4 Å². The van der Waals surface area contributed by atoms with Gasteiger partial charge in [-0.1, -0.05) is 24.3 Å². The van der Waals surface area contributed by atoms with Crippen molar-refractivity contribution in [2.24, 2.45) is 5.92 Å². The maximum atomic E-state index is 13.4. The molecule has 196 valence electrons. The van der Waals surface area contributed by atoms with Crippen molar-refractivity contribution in [2.75, 3.05) is 24.3 Å². The van der Waals surface area contributed by atoms with Gasteiger partial charge in [0.25, 0.3) is 10.0 Å². The van der Waals surface area contributed by atoms with Crippen molar-refractivity contribution in [3.63, 3.8) is 0 Å². The first-order valence-electron chi connectivity index (χ1n) is 12.0. The van der Waals surface area contributed by atoms with Crippen LogP contribution in [0.2, 0.25) is 0 Å². The summed E-state index contributed by atoms with van der Waals surface area (Å²) in [6.45, 7) is 0.249. The molecule has 11 heteroatoms. The molecule has 3 aromatic carbocycles. The Morgan fingerprint density at radius 1 is 0.895 bits per heavy atom. The highest BCUT2D eigenvalue weighted by Crippen LogP contribution is 2.32. The first-order chi connectivity index (χ1) is 18.3. The van der Waals surface area contributed by atoms with Gasteiger partial charge in [0.1, 0.15) is 11.5 Å². The maximum Gasteiger partial charge on any atom is 0.263 e. The number of hydrogen-bond acceptors (Lipinski definition) is 8. The molecular formula is C27H27N5O5S. The monoisotopic (exact) mass is 533 g/mol. The lowest BCUT2D eigenvalue weighted by atomic mass is 10.2. The molecular weight excluding hydrogens is 506 g/mol. The summed E-state index contributed by atoms with van der Waals surface area (Å²) in [6, 6.07) is 18.8. The van der Waals surface area contributed by atoms with E-state index in [1.54, 1.807) is 62.8 Å². The Hall–Kier alpha value is -4.38. The summed E-state index contributed by atoms with van der Waals surface area (Å²) in [4.78, 5) is 21.2. The Kier molecular flexibility index (Phi) is 7.01. The van der Waals surface area contributed by atoms with E-state index in [-0.39, 0.29) is 34.9 Å². The Balaban J connectivity index is 1.46. The molecule has 0 atom stereocenters. The molecule has 38 heavy (non-hydrogen) atoms. The number of aromatic nitrogens is 2. The minimum absolute atomic E-state index is 0.00675. The summed E-state index contributed by atoms with van der Waals surface area (Å²) in [5, 5.41) is 6.00. The molecule has 0 spiro atoms. The van der Waals surface area contributed by atoms with Crippen LogP contribution in [-0.4, -0.2) is 38.5 Å². The molecule has 1 fully saturated rings. The number of rotatable bonds is 10. The number of carbonyl (C=O) groups is 1. The highest BCUT2D eigenvalue weighted by molar-refractivity contribution is 7.92. The minimum atomic E-state index is -4.04. The van der Waals surface area contributed by atoms with Crippen LogP contribution < -0.4 is 24.8 Å². The van der Waals surface area contributed by atoms with Crippen LogP contribution in [0.3, 0.4) is 0 Å². The van der Waals surface area contributed by atoms with Crippen LogP contribution in [0.5, 0.6) is 11.5 Å². The van der Waals surface area contributed by atoms with Gasteiger partial charge >= 0.3 is 0 Å². The van der Waals surface area contributed by atoms with E-state index < -0.39 is 10.0 Å². The number of anilines is 3. The third kappa shape index (κ3) is 5.78. The van der Waals surface area contributed by atoms with E-state index in [2.05, 4.69) is 25.3 Å². The number of sulfonamides is 1. The van der Waals surface area contributed by atoms with E-state index in [1.165, 1.54) is 12.1 Å². The smallest absolute Gasteiger partial charge is 0.263 e. The predicted octanol–water partition coefficient (Wildman–Crippen LogP) is 4.22. The Labute approximate surface area is 220 Å². The standard InChI is InChI=1S/C27H27N5O5S/c1-36-20-13-19(14-21(15-20)37-2)29-25-26(31-24-9-4-3-8-23(24)30-25)32-38(34,35)22-7-5-6-17(12-22)16-28-27(33)18-10-11-18/h3-9,12-15,18H,10-11,16H2,1-2H3,(H,28,33)(H,29,30)(H,31,32). The molecule has 1 aliphatic carbocycles. The van der Waals surface area contributed by atoms with Crippen molar-refractivity contribution in [3.8, 4) is 11.5 Å². The number of benzene rings is 3. The van der Waals surface area contributed by atoms with Crippen molar-refractivity contribution < 1.29 is 22.7 Å². The van der Waals surface area contributed by atoms with Crippen molar-refractivity contribution in [1.82, 2.24) is 15.3 Å². The zero-order valence-electron chi connectivity index (χ0n) is 20.9. The molecule has 4 aromatic rings. The second-order valence-corrected chi connectivity index (χ2v) is 10.6. The fourth-order valence-electron chi connectivity index (χ4n) is 3.86. The Morgan fingerprint density at radius 3 is 2.18 bits per heavy atom. The first kappa shape index (κ1) is 25.3. The lowest BCUT2D eigenvalue weighted by Crippen LogP contribution is -2.24. The van der Waals surface area contributed by atoms with Gasteiger partial charge in [0.2, 0.25) is 5.91 Å². The number of carbonyl (C=O) groups excluding carboxylic acids is 1. The molecule has 0 aliphatic heterocycles. The number of amides is 1. The van der Waals surface area contributed by atoms with E-state index in [1.807, 2.05) is 6.07 Å². The highest BCUT2D eigenvalue weighted by Gasteiger charge is 2.29. The van der Waals surface area contributed by atoms with Crippen LogP contribution >= 0.6 is 0 Å². The van der Waals surface area contributed by atoms with Crippen LogP contribution in [0.15, 0.2) is 71.6 Å². The normalized spacial score (nSPS) is 13.1. The number of hydrogen-bond donors (Lipinski definition) is 3. The molecule has 0 unspecified atom stereocenters. The van der Waals surface area contributed by atoms with Crippen molar-refractivity contribution in [2.45, 2.75) is 24.3 Å². The SMILES string of the molecule is COc1cc(Nc2nc3ccccc3nc2NS(=O)(=O)c2cccc(CNC(=O)C3CC3)c2)cc(OC)c1. The molecule has 1 saturated carbocycles. The average Bonchev–Trinajstić information content (AvgIpc) is 3.77. The lowest BCUT2D eigenvalue weighted by molar-refractivity contribution is -0.122. The zero-order chi connectivity index (χ0) is 26.7. The molecule has 1 amide bonds. The minimum Gasteiger partial charge on any atom is -0.497 e. The predicted molar refractivity (Wildman–Crippen MR) is 144 cm³/mol. The summed E-state index contributed by atoms with van der Waals surface area (Å²) in [7, 11) is -0.960. The van der Waals surface area contributed by atoms with E-state index in [0.717, 1.165) is 12.8 Å². The highest BCUT2D eigenvalue weighted by atomic mass is 32.2. The van der Waals surface area contributed by atoms with Crippen LogP contribution in [0, 0.1) is 5.92 Å². The lowest BCUT2D eigenvalue weighted by Gasteiger charge is -2.15. The molecule has 3 N–H and O–H groups in total. The van der Waals surface area contributed by atoms with Crippen molar-refractivity contribution in [3.05, 3.63) is 72.3 Å². The summed E-state index contributed by atoms with van der Waals surface area (Å²) in [5.41, 5.74) is 2.35. The molecule has 1 heterocycles. The summed E-state index contributed by atoms with van der Waals surface area (Å²) >= 11 is 0. The number of nitrogens with zero attached hydrogens (tertiary/aromatic N) is 2. The third-order valence-corrected chi connectivity index (χ3v) is 7.38. The second kappa shape index (κ2) is 10.5. The van der Waals surface area contributed by atoms with Crippen molar-refractivity contribution >= 4 is 44.3 Å². The second-order valence-electron chi connectivity index (χ2n) is 8.88. The molecule has 0 bridgehead atoms. The van der Waals surface area contributed by atoms with Gasteiger partial charge in [0.15, 0.2) is 11.6 Å². The third-order valence-electron chi connectivity index (χ3n) is 6.04. The van der Waals surface area contributed by atoms with Gasteiger partial charge in [-0.25, -0.2) is 18.4 Å². The average molecular weight is 534 g/mol. The Morgan fingerprint density at radius 2 is 1.55 bits per heavy atom.